The fourth-order valence-electron chi connectivity index (χ4n) is 0.906. The minimum Gasteiger partial charge on any atom is -0.506 e. The molecule has 0 unspecified atom stereocenters. The van der Waals surface area contributed by atoms with E-state index in [9.17, 15) is 22.0 Å². The van der Waals surface area contributed by atoms with Crippen molar-refractivity contribution >= 4 is 19.7 Å². The number of rotatable bonds is 2. The van der Waals surface area contributed by atoms with Crippen LogP contribution in [0.4, 0.5) is 8.78 Å². The van der Waals surface area contributed by atoms with Crippen LogP contribution >= 0.6 is 10.7 Å². The normalized spacial score (nSPS) is 12.0. The maximum Gasteiger partial charge on any atom is 0.278 e. The summed E-state index contributed by atoms with van der Waals surface area (Å²) >= 11 is 0. The quantitative estimate of drug-likeness (QED) is 0.774. The zero-order valence-corrected chi connectivity index (χ0v) is 8.44. The molecule has 1 aromatic rings. The van der Waals surface area contributed by atoms with Crippen molar-refractivity contribution in [3.05, 3.63) is 22.1 Å². The first-order chi connectivity index (χ1) is 6.73. The molecular formula is C6H4ClF2NO4S. The van der Waals surface area contributed by atoms with Crippen molar-refractivity contribution < 1.29 is 22.3 Å². The molecule has 1 rings (SSSR count). The van der Waals surface area contributed by atoms with Gasteiger partial charge in [0.05, 0.1) is 5.69 Å². The SMILES string of the molecule is O=c1[nH]c(C(F)F)cc(O)c1S(=O)(=O)Cl. The van der Waals surface area contributed by atoms with Crippen LogP contribution in [0.1, 0.15) is 12.1 Å². The summed E-state index contributed by atoms with van der Waals surface area (Å²) in [6.45, 7) is 0. The molecule has 0 aliphatic heterocycles. The molecule has 0 aliphatic rings. The summed E-state index contributed by atoms with van der Waals surface area (Å²) in [6, 6.07) is 0.432. The van der Waals surface area contributed by atoms with Crippen molar-refractivity contribution in [1.82, 2.24) is 4.98 Å². The zero-order valence-electron chi connectivity index (χ0n) is 6.87. The van der Waals surface area contributed by atoms with Crippen molar-refractivity contribution in [1.29, 1.82) is 0 Å². The van der Waals surface area contributed by atoms with E-state index in [1.165, 1.54) is 0 Å². The number of H-pyrrole nitrogens is 1. The van der Waals surface area contributed by atoms with Crippen molar-refractivity contribution in [2.75, 3.05) is 0 Å². The molecule has 1 aromatic heterocycles. The lowest BCUT2D eigenvalue weighted by Crippen LogP contribution is -2.16. The summed E-state index contributed by atoms with van der Waals surface area (Å²) < 4.78 is 45.7. The first-order valence-corrected chi connectivity index (χ1v) is 5.73. The maximum absolute atomic E-state index is 12.1. The molecule has 0 aliphatic carbocycles. The molecule has 15 heavy (non-hydrogen) atoms. The van der Waals surface area contributed by atoms with E-state index < -0.39 is 37.4 Å². The predicted molar refractivity (Wildman–Crippen MR) is 46.7 cm³/mol. The van der Waals surface area contributed by atoms with Gasteiger partial charge in [-0.3, -0.25) is 4.79 Å². The highest BCUT2D eigenvalue weighted by Crippen LogP contribution is 2.25. The molecule has 0 bridgehead atoms. The Morgan fingerprint density at radius 3 is 2.33 bits per heavy atom. The Kier molecular flexibility index (Phi) is 3.00. The van der Waals surface area contributed by atoms with Crippen molar-refractivity contribution in [2.45, 2.75) is 11.3 Å². The molecule has 0 spiro atoms. The van der Waals surface area contributed by atoms with Gasteiger partial charge >= 0.3 is 0 Å². The second-order valence-electron chi connectivity index (χ2n) is 2.51. The number of aromatic amines is 1. The summed E-state index contributed by atoms with van der Waals surface area (Å²) in [6.07, 6.45) is -3.03. The van der Waals surface area contributed by atoms with E-state index in [2.05, 4.69) is 0 Å². The first kappa shape index (κ1) is 11.9. The topological polar surface area (TPSA) is 87.2 Å². The highest BCUT2D eigenvalue weighted by molar-refractivity contribution is 8.13. The van der Waals surface area contributed by atoms with Gasteiger partial charge in [-0.1, -0.05) is 0 Å². The lowest BCUT2D eigenvalue weighted by molar-refractivity contribution is 0.145. The summed E-state index contributed by atoms with van der Waals surface area (Å²) in [4.78, 5) is 11.4. The fraction of sp³-hybridized carbons (Fsp3) is 0.167. The van der Waals surface area contributed by atoms with Gasteiger partial charge in [0, 0.05) is 16.7 Å². The molecule has 5 nitrogen and oxygen atoms in total. The minimum absolute atomic E-state index is 0.432. The van der Waals surface area contributed by atoms with E-state index in [-0.39, 0.29) is 0 Å². The molecule has 9 heteroatoms. The van der Waals surface area contributed by atoms with E-state index in [0.29, 0.717) is 6.07 Å². The molecule has 0 aromatic carbocycles. The van der Waals surface area contributed by atoms with Gasteiger partial charge in [-0.2, -0.15) is 0 Å². The Morgan fingerprint density at radius 1 is 1.47 bits per heavy atom. The third kappa shape index (κ3) is 2.45. The molecule has 0 saturated carbocycles. The van der Waals surface area contributed by atoms with Crippen LogP contribution in [0, 0.1) is 0 Å². The van der Waals surface area contributed by atoms with E-state index in [4.69, 9.17) is 15.8 Å². The van der Waals surface area contributed by atoms with Crippen molar-refractivity contribution in [2.24, 2.45) is 0 Å². The third-order valence-corrected chi connectivity index (χ3v) is 2.81. The summed E-state index contributed by atoms with van der Waals surface area (Å²) in [7, 11) is 0.333. The van der Waals surface area contributed by atoms with Crippen LogP contribution in [-0.2, 0) is 9.05 Å². The van der Waals surface area contributed by atoms with Gasteiger partial charge in [0.1, 0.15) is 5.75 Å². The minimum atomic E-state index is -4.47. The second-order valence-corrected chi connectivity index (χ2v) is 5.01. The Balaban J connectivity index is 3.56. The van der Waals surface area contributed by atoms with Crippen LogP contribution < -0.4 is 5.56 Å². The van der Waals surface area contributed by atoms with Crippen molar-refractivity contribution in [3.8, 4) is 5.75 Å². The predicted octanol–water partition coefficient (Wildman–Crippen LogP) is 0.946. The molecule has 84 valence electrons. The van der Waals surface area contributed by atoms with Crippen LogP contribution in [0.5, 0.6) is 5.75 Å². The number of hydrogen-bond donors (Lipinski definition) is 2. The van der Waals surface area contributed by atoms with E-state index in [1.54, 1.807) is 4.98 Å². The average Bonchev–Trinajstić information content (AvgIpc) is 1.99. The molecule has 1 heterocycles. The Hall–Kier alpha value is -1.15. The molecule has 2 N–H and O–H groups in total. The maximum atomic E-state index is 12.1. The van der Waals surface area contributed by atoms with E-state index in [0.717, 1.165) is 0 Å². The van der Waals surface area contributed by atoms with Crippen LogP contribution in [-0.4, -0.2) is 18.5 Å². The summed E-state index contributed by atoms with van der Waals surface area (Å²) in [5.41, 5.74) is -2.28. The molecule has 0 radical (unpaired) electrons. The molecular weight excluding hydrogens is 256 g/mol. The van der Waals surface area contributed by atoms with Crippen molar-refractivity contribution in [3.63, 3.8) is 0 Å². The first-order valence-electron chi connectivity index (χ1n) is 3.42. The Labute approximate surface area is 86.7 Å². The Bertz CT molecular complexity index is 539. The fourth-order valence-corrected chi connectivity index (χ4v) is 1.93. The number of hydrogen-bond acceptors (Lipinski definition) is 4. The van der Waals surface area contributed by atoms with Gasteiger partial charge in [0.25, 0.3) is 21.0 Å². The number of pyridine rings is 1. The lowest BCUT2D eigenvalue weighted by Gasteiger charge is -2.03. The van der Waals surface area contributed by atoms with Gasteiger partial charge < -0.3 is 10.1 Å². The van der Waals surface area contributed by atoms with Gasteiger partial charge in [0.15, 0.2) is 4.90 Å². The highest BCUT2D eigenvalue weighted by atomic mass is 35.7. The largest absolute Gasteiger partial charge is 0.506 e. The number of aromatic nitrogens is 1. The van der Waals surface area contributed by atoms with Crippen LogP contribution in [0.2, 0.25) is 0 Å². The van der Waals surface area contributed by atoms with Gasteiger partial charge in [-0.15, -0.1) is 0 Å². The zero-order chi connectivity index (χ0) is 11.8. The number of alkyl halides is 2. The van der Waals surface area contributed by atoms with Gasteiger partial charge in [-0.25, -0.2) is 17.2 Å². The van der Waals surface area contributed by atoms with Crippen LogP contribution in [0.15, 0.2) is 15.8 Å². The van der Waals surface area contributed by atoms with Crippen LogP contribution in [0.25, 0.3) is 0 Å². The monoisotopic (exact) mass is 259 g/mol. The average molecular weight is 260 g/mol. The Morgan fingerprint density at radius 2 is 2.00 bits per heavy atom. The second kappa shape index (κ2) is 3.78. The molecule has 0 saturated heterocycles. The number of halogens is 3. The number of aromatic hydroxyl groups is 1. The number of nitrogens with one attached hydrogen (secondary N) is 1. The third-order valence-electron chi connectivity index (χ3n) is 1.47. The summed E-state index contributed by atoms with van der Waals surface area (Å²) in [5.74, 6) is -1.11. The smallest absolute Gasteiger partial charge is 0.278 e. The standard InChI is InChI=1S/C6H4ClF2NO4S/c7-15(13,14)4-3(11)1-2(5(8)9)10-6(4)12/h1,5H,(H2,10,11,12). The highest BCUT2D eigenvalue weighted by Gasteiger charge is 2.23. The molecule has 0 atom stereocenters. The van der Waals surface area contributed by atoms with Gasteiger partial charge in [0.2, 0.25) is 0 Å². The molecule has 0 fully saturated rings. The molecule has 0 amide bonds. The summed E-state index contributed by atoms with van der Waals surface area (Å²) in [5, 5.41) is 9.04. The van der Waals surface area contributed by atoms with E-state index >= 15 is 0 Å². The van der Waals surface area contributed by atoms with E-state index in [1.807, 2.05) is 0 Å². The van der Waals surface area contributed by atoms with Gasteiger partial charge in [-0.05, 0) is 0 Å². The lowest BCUT2D eigenvalue weighted by atomic mass is 10.3. The van der Waals surface area contributed by atoms with Crippen LogP contribution in [0.3, 0.4) is 0 Å².